The maximum atomic E-state index is 13.3. The highest BCUT2D eigenvalue weighted by Crippen LogP contribution is 2.39. The zero-order valence-electron chi connectivity index (χ0n) is 16.7. The van der Waals surface area contributed by atoms with Crippen molar-refractivity contribution in [3.63, 3.8) is 0 Å². The van der Waals surface area contributed by atoms with Crippen LogP contribution in [0.15, 0.2) is 66.7 Å². The standard InChI is InChI=1S/C23H21N3O4/c1-15(2)17-10-8-16(9-11-17)14-25-22-19(12-13-20(24-22)26(28)29)30-21(23(25)27)18-6-4-3-5-7-18/h3-13,15,21H,14H2,1-2H3. The van der Waals surface area contributed by atoms with Crippen LogP contribution in [-0.2, 0) is 11.3 Å². The van der Waals surface area contributed by atoms with Gasteiger partial charge in [0.15, 0.2) is 5.75 Å². The molecule has 2 aromatic carbocycles. The Labute approximate surface area is 174 Å². The number of ether oxygens (including phenoxy) is 1. The van der Waals surface area contributed by atoms with E-state index < -0.39 is 11.0 Å². The maximum Gasteiger partial charge on any atom is 0.366 e. The van der Waals surface area contributed by atoms with Crippen molar-refractivity contribution in [3.8, 4) is 5.75 Å². The Bertz CT molecular complexity index is 1080. The molecule has 4 rings (SSSR count). The van der Waals surface area contributed by atoms with E-state index in [-0.39, 0.29) is 24.1 Å². The fourth-order valence-electron chi connectivity index (χ4n) is 3.42. The molecule has 2 heterocycles. The summed E-state index contributed by atoms with van der Waals surface area (Å²) in [6.45, 7) is 4.47. The molecule has 0 fully saturated rings. The number of nitro groups is 1. The van der Waals surface area contributed by atoms with Crippen molar-refractivity contribution in [2.75, 3.05) is 4.90 Å². The summed E-state index contributed by atoms with van der Waals surface area (Å²) in [7, 11) is 0. The fraction of sp³-hybridized carbons (Fsp3) is 0.217. The molecular formula is C23H21N3O4. The molecule has 7 heteroatoms. The second kappa shape index (κ2) is 7.94. The Balaban J connectivity index is 1.74. The van der Waals surface area contributed by atoms with Crippen LogP contribution in [-0.4, -0.2) is 15.8 Å². The van der Waals surface area contributed by atoms with Gasteiger partial charge in [0.25, 0.3) is 11.7 Å². The quantitative estimate of drug-likeness (QED) is 0.452. The van der Waals surface area contributed by atoms with E-state index in [1.807, 2.05) is 54.6 Å². The SMILES string of the molecule is CC(C)c1ccc(CN2C(=O)C(c3ccccc3)Oc3ccc([N+](=O)[O-])nc32)cc1. The third kappa shape index (κ3) is 3.74. The van der Waals surface area contributed by atoms with Crippen molar-refractivity contribution < 1.29 is 14.5 Å². The van der Waals surface area contributed by atoms with Crippen molar-refractivity contribution in [2.24, 2.45) is 0 Å². The highest BCUT2D eigenvalue weighted by Gasteiger charge is 2.39. The number of anilines is 1. The lowest BCUT2D eigenvalue weighted by Crippen LogP contribution is -2.41. The molecule has 0 saturated carbocycles. The van der Waals surface area contributed by atoms with Gasteiger partial charge in [0.1, 0.15) is 0 Å². The van der Waals surface area contributed by atoms with Gasteiger partial charge in [-0.05, 0) is 33.0 Å². The van der Waals surface area contributed by atoms with Gasteiger partial charge < -0.3 is 14.9 Å². The third-order valence-electron chi connectivity index (χ3n) is 5.09. The van der Waals surface area contributed by atoms with Gasteiger partial charge in [-0.15, -0.1) is 0 Å². The number of amides is 1. The molecule has 30 heavy (non-hydrogen) atoms. The van der Waals surface area contributed by atoms with Gasteiger partial charge in [0, 0.05) is 11.6 Å². The first-order chi connectivity index (χ1) is 14.4. The summed E-state index contributed by atoms with van der Waals surface area (Å²) in [4.78, 5) is 29.5. The average molecular weight is 403 g/mol. The number of carbonyl (C=O) groups excluding carboxylic acids is 1. The topological polar surface area (TPSA) is 85.6 Å². The van der Waals surface area contributed by atoms with E-state index in [4.69, 9.17) is 4.74 Å². The number of rotatable bonds is 5. The Kier molecular flexibility index (Phi) is 5.18. The summed E-state index contributed by atoms with van der Waals surface area (Å²) in [5.41, 5.74) is 2.82. The zero-order valence-corrected chi connectivity index (χ0v) is 16.7. The lowest BCUT2D eigenvalue weighted by atomic mass is 10.0. The largest absolute Gasteiger partial charge is 0.469 e. The van der Waals surface area contributed by atoms with Crippen molar-refractivity contribution in [2.45, 2.75) is 32.4 Å². The minimum absolute atomic E-state index is 0.161. The van der Waals surface area contributed by atoms with Crippen LogP contribution >= 0.6 is 0 Å². The predicted octanol–water partition coefficient (Wildman–Crippen LogP) is 4.78. The van der Waals surface area contributed by atoms with Crippen LogP contribution in [0.3, 0.4) is 0 Å². The van der Waals surface area contributed by atoms with Crippen LogP contribution in [0.1, 0.15) is 42.6 Å². The molecule has 1 amide bonds. The molecule has 1 unspecified atom stereocenters. The summed E-state index contributed by atoms with van der Waals surface area (Å²) in [5.74, 6) is 0.261. The number of hydrogen-bond acceptors (Lipinski definition) is 5. The van der Waals surface area contributed by atoms with E-state index in [1.54, 1.807) is 0 Å². The second-order valence-corrected chi connectivity index (χ2v) is 7.48. The van der Waals surface area contributed by atoms with E-state index >= 15 is 0 Å². The Morgan fingerprint density at radius 1 is 1.07 bits per heavy atom. The molecule has 0 aliphatic carbocycles. The summed E-state index contributed by atoms with van der Waals surface area (Å²) in [6, 6.07) is 20.0. The van der Waals surface area contributed by atoms with Gasteiger partial charge in [-0.1, -0.05) is 68.4 Å². The molecule has 152 valence electrons. The van der Waals surface area contributed by atoms with Crippen molar-refractivity contribution in [3.05, 3.63) is 93.5 Å². The van der Waals surface area contributed by atoms with Gasteiger partial charge >= 0.3 is 5.82 Å². The lowest BCUT2D eigenvalue weighted by molar-refractivity contribution is -0.389. The minimum atomic E-state index is -0.836. The summed E-state index contributed by atoms with van der Waals surface area (Å²) in [6.07, 6.45) is -0.836. The number of nitrogens with zero attached hydrogens (tertiary/aromatic N) is 3. The van der Waals surface area contributed by atoms with E-state index in [0.717, 1.165) is 5.56 Å². The lowest BCUT2D eigenvalue weighted by Gasteiger charge is -2.31. The van der Waals surface area contributed by atoms with Crippen molar-refractivity contribution >= 4 is 17.5 Å². The van der Waals surface area contributed by atoms with Crippen molar-refractivity contribution in [1.82, 2.24) is 4.98 Å². The highest BCUT2D eigenvalue weighted by molar-refractivity contribution is 5.99. The van der Waals surface area contributed by atoms with E-state index in [0.29, 0.717) is 17.2 Å². The van der Waals surface area contributed by atoms with E-state index in [9.17, 15) is 14.9 Å². The fourth-order valence-corrected chi connectivity index (χ4v) is 3.42. The summed E-state index contributed by atoms with van der Waals surface area (Å²) in [5, 5.41) is 11.2. The van der Waals surface area contributed by atoms with Gasteiger partial charge in [0.05, 0.1) is 6.54 Å². The van der Waals surface area contributed by atoms with Crippen LogP contribution in [0.5, 0.6) is 5.75 Å². The monoisotopic (exact) mass is 403 g/mol. The number of fused-ring (bicyclic) bond motifs is 1. The van der Waals surface area contributed by atoms with Crippen LogP contribution in [0.4, 0.5) is 11.6 Å². The highest BCUT2D eigenvalue weighted by atomic mass is 16.6. The predicted molar refractivity (Wildman–Crippen MR) is 112 cm³/mol. The Morgan fingerprint density at radius 2 is 1.77 bits per heavy atom. The molecule has 0 N–H and O–H groups in total. The average Bonchev–Trinajstić information content (AvgIpc) is 2.76. The first-order valence-electron chi connectivity index (χ1n) is 9.71. The van der Waals surface area contributed by atoms with Crippen LogP contribution in [0, 0.1) is 10.1 Å². The number of pyridine rings is 1. The van der Waals surface area contributed by atoms with E-state index in [1.165, 1.54) is 22.6 Å². The molecule has 7 nitrogen and oxygen atoms in total. The molecule has 0 radical (unpaired) electrons. The van der Waals surface area contributed by atoms with Crippen molar-refractivity contribution in [1.29, 1.82) is 0 Å². The molecule has 3 aromatic rings. The molecule has 0 bridgehead atoms. The molecule has 1 aliphatic rings. The maximum absolute atomic E-state index is 13.3. The first-order valence-corrected chi connectivity index (χ1v) is 9.71. The number of carbonyl (C=O) groups is 1. The van der Waals surface area contributed by atoms with Gasteiger partial charge in [-0.25, -0.2) is 0 Å². The smallest absolute Gasteiger partial charge is 0.366 e. The molecule has 1 aliphatic heterocycles. The van der Waals surface area contributed by atoms with Gasteiger partial charge in [0.2, 0.25) is 6.10 Å². The molecule has 0 saturated heterocycles. The summed E-state index contributed by atoms with van der Waals surface area (Å²) >= 11 is 0. The van der Waals surface area contributed by atoms with Crippen LogP contribution in [0.2, 0.25) is 0 Å². The summed E-state index contributed by atoms with van der Waals surface area (Å²) < 4.78 is 5.91. The van der Waals surface area contributed by atoms with Crippen LogP contribution in [0.25, 0.3) is 0 Å². The third-order valence-corrected chi connectivity index (χ3v) is 5.09. The molecular weight excluding hydrogens is 382 g/mol. The van der Waals surface area contributed by atoms with Gasteiger partial charge in [-0.2, -0.15) is 0 Å². The van der Waals surface area contributed by atoms with E-state index in [2.05, 4.69) is 18.8 Å². The molecule has 0 spiro atoms. The normalized spacial score (nSPS) is 15.6. The Hall–Kier alpha value is -3.74. The second-order valence-electron chi connectivity index (χ2n) is 7.48. The minimum Gasteiger partial charge on any atom is -0.469 e. The zero-order chi connectivity index (χ0) is 21.3. The number of hydrogen-bond donors (Lipinski definition) is 0. The van der Waals surface area contributed by atoms with Crippen LogP contribution < -0.4 is 9.64 Å². The first kappa shape index (κ1) is 19.6. The number of benzene rings is 2. The van der Waals surface area contributed by atoms with Gasteiger partial charge in [-0.3, -0.25) is 9.69 Å². The molecule has 1 atom stereocenters. The Morgan fingerprint density at radius 3 is 2.40 bits per heavy atom. The number of aromatic nitrogens is 1. The molecule has 1 aromatic heterocycles.